The third-order valence-electron chi connectivity index (χ3n) is 6.28. The smallest absolute Gasteiger partial charge is 0.261 e. The van der Waals surface area contributed by atoms with Crippen molar-refractivity contribution in [2.75, 3.05) is 31.6 Å². The van der Waals surface area contributed by atoms with E-state index in [9.17, 15) is 4.79 Å². The molecule has 8 heteroatoms. The highest BCUT2D eigenvalue weighted by Gasteiger charge is 2.18. The van der Waals surface area contributed by atoms with E-state index in [0.717, 1.165) is 50.8 Å². The normalized spacial score (nSPS) is 14.7. The Hall–Kier alpha value is -3.07. The maximum absolute atomic E-state index is 13.4. The predicted octanol–water partition coefficient (Wildman–Crippen LogP) is 6.18. The fourth-order valence-electron chi connectivity index (χ4n) is 4.52. The van der Waals surface area contributed by atoms with Crippen molar-refractivity contribution < 1.29 is 9.53 Å². The Morgan fingerprint density at radius 2 is 1.88 bits per heavy atom. The first kappa shape index (κ1) is 21.5. The van der Waals surface area contributed by atoms with Gasteiger partial charge in [0.05, 0.1) is 26.0 Å². The number of hydrogen-bond acceptors (Lipinski definition) is 7. The molecule has 34 heavy (non-hydrogen) atoms. The summed E-state index contributed by atoms with van der Waals surface area (Å²) in [7, 11) is 0. The lowest BCUT2D eigenvalue weighted by Gasteiger charge is -2.26. The number of aromatic nitrogens is 2. The van der Waals surface area contributed by atoms with Crippen molar-refractivity contribution in [1.82, 2.24) is 14.9 Å². The van der Waals surface area contributed by atoms with Gasteiger partial charge in [0.1, 0.15) is 17.9 Å². The second-order valence-corrected chi connectivity index (χ2v) is 10.4. The van der Waals surface area contributed by atoms with Crippen LogP contribution in [-0.4, -0.2) is 47.0 Å². The third-order valence-corrected chi connectivity index (χ3v) is 8.07. The van der Waals surface area contributed by atoms with Gasteiger partial charge in [-0.1, -0.05) is 42.0 Å². The molecule has 6 rings (SSSR count). The minimum atomic E-state index is -0.215. The fraction of sp³-hybridized carbons (Fsp3) is 0.269. The van der Waals surface area contributed by atoms with Gasteiger partial charge < -0.3 is 4.74 Å². The maximum atomic E-state index is 13.4. The first-order valence-electron chi connectivity index (χ1n) is 11.6. The van der Waals surface area contributed by atoms with E-state index in [4.69, 9.17) is 4.74 Å². The van der Waals surface area contributed by atoms with E-state index >= 15 is 0 Å². The van der Waals surface area contributed by atoms with Crippen LogP contribution in [0, 0.1) is 0 Å². The van der Waals surface area contributed by atoms with E-state index < -0.39 is 0 Å². The number of piperidine rings is 1. The summed E-state index contributed by atoms with van der Waals surface area (Å²) in [5.74, 6) is 0.392. The van der Waals surface area contributed by atoms with Gasteiger partial charge in [-0.05, 0) is 61.0 Å². The number of ether oxygens (including phenoxy) is 1. The van der Waals surface area contributed by atoms with Gasteiger partial charge in [-0.25, -0.2) is 9.97 Å². The number of likely N-dealkylation sites (tertiary alicyclic amines) is 1. The first-order valence-corrected chi connectivity index (χ1v) is 13.3. The molecule has 6 nitrogen and oxygen atoms in total. The van der Waals surface area contributed by atoms with Gasteiger partial charge in [-0.2, -0.15) is 0 Å². The summed E-state index contributed by atoms with van der Waals surface area (Å²) in [4.78, 5) is 24.9. The summed E-state index contributed by atoms with van der Waals surface area (Å²) < 4.78 is 8.29. The number of hydrogen-bond donors (Lipinski definition) is 1. The molecule has 0 atom stereocenters. The van der Waals surface area contributed by atoms with Crippen LogP contribution in [0.5, 0.6) is 5.75 Å². The van der Waals surface area contributed by atoms with Crippen molar-refractivity contribution in [2.24, 2.45) is 0 Å². The van der Waals surface area contributed by atoms with E-state index in [1.54, 1.807) is 11.3 Å². The number of thiazole rings is 2. The van der Waals surface area contributed by atoms with Crippen LogP contribution in [0.25, 0.3) is 31.2 Å². The molecule has 0 radical (unpaired) electrons. The van der Waals surface area contributed by atoms with Crippen molar-refractivity contribution in [3.63, 3.8) is 0 Å². The molecule has 0 bridgehead atoms. The molecule has 2 aromatic heterocycles. The highest BCUT2D eigenvalue weighted by atomic mass is 32.1. The summed E-state index contributed by atoms with van der Waals surface area (Å²) in [6.45, 7) is 3.67. The number of amides is 1. The minimum Gasteiger partial charge on any atom is -0.491 e. The van der Waals surface area contributed by atoms with Crippen LogP contribution in [0.3, 0.4) is 0 Å². The van der Waals surface area contributed by atoms with E-state index in [0.29, 0.717) is 23.1 Å². The highest BCUT2D eigenvalue weighted by Crippen LogP contribution is 2.34. The topological polar surface area (TPSA) is 67.3 Å². The van der Waals surface area contributed by atoms with Gasteiger partial charge in [-0.3, -0.25) is 15.0 Å². The van der Waals surface area contributed by atoms with Crippen molar-refractivity contribution in [2.45, 2.75) is 19.3 Å². The average Bonchev–Trinajstić information content (AvgIpc) is 3.50. The van der Waals surface area contributed by atoms with Gasteiger partial charge in [0.25, 0.3) is 5.91 Å². The van der Waals surface area contributed by atoms with Gasteiger partial charge >= 0.3 is 0 Å². The quantitative estimate of drug-likeness (QED) is 0.309. The number of anilines is 1. The Kier molecular flexibility index (Phi) is 5.86. The standard InChI is InChI=1S/C26H24N4O2S2/c31-25(29-26-28-20-8-9-22-23(24(20)34-26)27-16-33-22)19-14-17-6-2-3-7-18(17)15-21(19)32-13-12-30-10-4-1-5-11-30/h2-3,6-9,14-16H,1,4-5,10-13H2,(H,28,29,31). The van der Waals surface area contributed by atoms with Crippen molar-refractivity contribution >= 4 is 64.9 Å². The van der Waals surface area contributed by atoms with Crippen LogP contribution < -0.4 is 10.1 Å². The highest BCUT2D eigenvalue weighted by molar-refractivity contribution is 7.24. The molecule has 172 valence electrons. The van der Waals surface area contributed by atoms with Gasteiger partial charge in [0.2, 0.25) is 0 Å². The molecule has 0 spiro atoms. The third kappa shape index (κ3) is 4.24. The van der Waals surface area contributed by atoms with Crippen molar-refractivity contribution in [1.29, 1.82) is 0 Å². The second-order valence-electron chi connectivity index (χ2n) is 8.53. The largest absolute Gasteiger partial charge is 0.491 e. The Bertz CT molecular complexity index is 1490. The molecule has 3 aromatic carbocycles. The van der Waals surface area contributed by atoms with Gasteiger partial charge in [0, 0.05) is 6.54 Å². The summed E-state index contributed by atoms with van der Waals surface area (Å²) >= 11 is 3.06. The first-order chi connectivity index (χ1) is 16.7. The Labute approximate surface area is 205 Å². The number of nitrogens with zero attached hydrogens (tertiary/aromatic N) is 3. The lowest BCUT2D eigenvalue weighted by atomic mass is 10.1. The molecule has 1 aliphatic heterocycles. The van der Waals surface area contributed by atoms with Gasteiger partial charge in [-0.15, -0.1) is 11.3 Å². The molecule has 5 aromatic rings. The number of nitrogens with one attached hydrogen (secondary N) is 1. The summed E-state index contributed by atoms with van der Waals surface area (Å²) in [6, 6.07) is 15.9. The molecule has 0 saturated carbocycles. The lowest BCUT2D eigenvalue weighted by molar-refractivity contribution is 0.102. The molecule has 1 aliphatic rings. The minimum absolute atomic E-state index is 0.215. The van der Waals surface area contributed by atoms with Crippen LogP contribution in [0.2, 0.25) is 0 Å². The molecule has 1 amide bonds. The Balaban J connectivity index is 1.27. The van der Waals surface area contributed by atoms with Crippen LogP contribution in [0.1, 0.15) is 29.6 Å². The summed E-state index contributed by atoms with van der Waals surface area (Å²) in [6.07, 6.45) is 3.81. The van der Waals surface area contributed by atoms with Crippen LogP contribution >= 0.6 is 22.7 Å². The lowest BCUT2D eigenvalue weighted by Crippen LogP contribution is -2.33. The molecule has 3 heterocycles. The predicted molar refractivity (Wildman–Crippen MR) is 140 cm³/mol. The molecule has 0 aliphatic carbocycles. The van der Waals surface area contributed by atoms with Crippen molar-refractivity contribution in [3.05, 3.63) is 59.6 Å². The van der Waals surface area contributed by atoms with Crippen LogP contribution in [0.4, 0.5) is 5.13 Å². The summed E-state index contributed by atoms with van der Waals surface area (Å²) in [5.41, 5.74) is 4.14. The number of rotatable bonds is 6. The Morgan fingerprint density at radius 3 is 2.74 bits per heavy atom. The van der Waals surface area contributed by atoms with E-state index in [-0.39, 0.29) is 5.91 Å². The SMILES string of the molecule is O=C(Nc1nc2ccc3scnc3c2s1)c1cc2ccccc2cc1OCCN1CCCCC1. The average molecular weight is 489 g/mol. The number of carbonyl (C=O) groups is 1. The second kappa shape index (κ2) is 9.29. The summed E-state index contributed by atoms with van der Waals surface area (Å²) in [5, 5.41) is 5.62. The zero-order valence-corrected chi connectivity index (χ0v) is 20.3. The maximum Gasteiger partial charge on any atom is 0.261 e. The van der Waals surface area contributed by atoms with E-state index in [1.165, 1.54) is 30.6 Å². The molecule has 0 unspecified atom stereocenters. The number of fused-ring (bicyclic) bond motifs is 4. The van der Waals surface area contributed by atoms with E-state index in [2.05, 4.69) is 20.2 Å². The van der Waals surface area contributed by atoms with E-state index in [1.807, 2.05) is 54.0 Å². The monoisotopic (exact) mass is 488 g/mol. The van der Waals surface area contributed by atoms with Gasteiger partial charge in [0.15, 0.2) is 5.13 Å². The molecule has 1 saturated heterocycles. The number of carbonyl (C=O) groups excluding carboxylic acids is 1. The van der Waals surface area contributed by atoms with Crippen molar-refractivity contribution in [3.8, 4) is 5.75 Å². The van der Waals surface area contributed by atoms with Crippen LogP contribution in [0.15, 0.2) is 54.0 Å². The molecule has 1 fully saturated rings. The fourth-order valence-corrected chi connectivity index (χ4v) is 6.22. The zero-order valence-electron chi connectivity index (χ0n) is 18.6. The molecule has 1 N–H and O–H groups in total. The number of benzene rings is 3. The molecular formula is C26H24N4O2S2. The Morgan fingerprint density at radius 1 is 1.06 bits per heavy atom. The zero-order chi connectivity index (χ0) is 22.9. The molecular weight excluding hydrogens is 464 g/mol. The van der Waals surface area contributed by atoms with Crippen LogP contribution in [-0.2, 0) is 0 Å².